The molecule has 2 aromatic rings. The molecule has 3 rings (SSSR count). The Morgan fingerprint density at radius 2 is 2.08 bits per heavy atom. The number of benzene rings is 2. The average molecular weight is 359 g/mol. The van der Waals surface area contributed by atoms with Gasteiger partial charge in [-0.15, -0.1) is 0 Å². The molecule has 1 heterocycles. The minimum atomic E-state index is 0.112. The molecule has 1 aliphatic heterocycles. The number of carbonyl (C=O) groups is 1. The van der Waals surface area contributed by atoms with Gasteiger partial charge in [-0.25, -0.2) is 0 Å². The molecule has 0 aliphatic carbocycles. The van der Waals surface area contributed by atoms with E-state index in [1.807, 2.05) is 47.2 Å². The van der Waals surface area contributed by atoms with Gasteiger partial charge in [0.05, 0.1) is 13.7 Å². The number of likely N-dealkylation sites (N-methyl/N-ethyl adjacent to an activating group) is 1. The molecule has 1 amide bonds. The first-order valence-corrected chi connectivity index (χ1v) is 8.78. The number of fused-ring (bicyclic) bond motifs is 1. The van der Waals surface area contributed by atoms with E-state index in [9.17, 15) is 4.79 Å². The Morgan fingerprint density at radius 1 is 1.32 bits per heavy atom. The highest BCUT2D eigenvalue weighted by Gasteiger charge is 2.30. The van der Waals surface area contributed by atoms with Gasteiger partial charge in [-0.2, -0.15) is 0 Å². The lowest BCUT2D eigenvalue weighted by molar-refractivity contribution is -0.119. The normalized spacial score (nSPS) is 16.2. The quantitative estimate of drug-likeness (QED) is 0.815. The fourth-order valence-corrected chi connectivity index (χ4v) is 3.66. The molecule has 1 aliphatic rings. The molecule has 0 unspecified atom stereocenters. The third-order valence-electron chi connectivity index (χ3n) is 4.56. The van der Waals surface area contributed by atoms with Crippen molar-refractivity contribution < 1.29 is 9.53 Å². The zero-order chi connectivity index (χ0) is 18.0. The van der Waals surface area contributed by atoms with Crippen molar-refractivity contribution in [2.24, 2.45) is 0 Å². The average Bonchev–Trinajstić information content (AvgIpc) is 2.90. The van der Waals surface area contributed by atoms with Crippen molar-refractivity contribution in [2.75, 3.05) is 25.6 Å². The number of carbonyl (C=O) groups excluding carboxylic acids is 1. The van der Waals surface area contributed by atoms with Crippen molar-refractivity contribution in [3.05, 3.63) is 58.6 Å². The number of hydrogen-bond donors (Lipinski definition) is 0. The fourth-order valence-electron chi connectivity index (χ4n) is 3.47. The van der Waals surface area contributed by atoms with Gasteiger partial charge in [0.2, 0.25) is 5.91 Å². The minimum Gasteiger partial charge on any atom is -0.496 e. The lowest BCUT2D eigenvalue weighted by atomic mass is 10.1. The molecule has 0 saturated heterocycles. The minimum absolute atomic E-state index is 0.112. The molecule has 1 atom stereocenters. The number of halogens is 1. The van der Waals surface area contributed by atoms with E-state index in [1.54, 1.807) is 13.2 Å². The Kier molecular flexibility index (Phi) is 5.30. The van der Waals surface area contributed by atoms with Crippen LogP contribution in [-0.4, -0.2) is 37.6 Å². The number of anilines is 1. The maximum Gasteiger partial charge on any atom is 0.241 e. The predicted molar refractivity (Wildman–Crippen MR) is 101 cm³/mol. The highest BCUT2D eigenvalue weighted by Crippen LogP contribution is 2.32. The van der Waals surface area contributed by atoms with Crippen molar-refractivity contribution in [3.63, 3.8) is 0 Å². The Bertz CT molecular complexity index is 778. The van der Waals surface area contributed by atoms with Crippen LogP contribution in [0.2, 0.25) is 5.02 Å². The predicted octanol–water partition coefficient (Wildman–Crippen LogP) is 3.76. The van der Waals surface area contributed by atoms with Crippen molar-refractivity contribution >= 4 is 23.2 Å². The van der Waals surface area contributed by atoms with Crippen LogP contribution in [0.4, 0.5) is 5.69 Å². The van der Waals surface area contributed by atoms with Gasteiger partial charge in [-0.3, -0.25) is 9.69 Å². The molecular formula is C20H23ClN2O2. The second kappa shape index (κ2) is 7.46. The summed E-state index contributed by atoms with van der Waals surface area (Å²) in [5.41, 5.74) is 3.25. The lowest BCUT2D eigenvalue weighted by Crippen LogP contribution is -2.42. The van der Waals surface area contributed by atoms with Crippen LogP contribution in [0, 0.1) is 0 Å². The van der Waals surface area contributed by atoms with Crippen molar-refractivity contribution in [3.8, 4) is 5.75 Å². The van der Waals surface area contributed by atoms with Crippen LogP contribution in [0.5, 0.6) is 5.75 Å². The molecule has 0 saturated carbocycles. The first-order chi connectivity index (χ1) is 12.0. The van der Waals surface area contributed by atoms with Crippen LogP contribution in [0.3, 0.4) is 0 Å². The summed E-state index contributed by atoms with van der Waals surface area (Å²) in [5.74, 6) is 0.893. The number of amides is 1. The Hall–Kier alpha value is -2.04. The second-order valence-electron chi connectivity index (χ2n) is 6.57. The number of ether oxygens (including phenoxy) is 1. The number of methoxy groups -OCH3 is 1. The number of para-hydroxylation sites is 1. The number of rotatable bonds is 5. The van der Waals surface area contributed by atoms with Crippen LogP contribution in [0.1, 0.15) is 18.1 Å². The maximum absolute atomic E-state index is 12.9. The summed E-state index contributed by atoms with van der Waals surface area (Å²) < 4.78 is 5.39. The van der Waals surface area contributed by atoms with Crippen molar-refractivity contribution in [1.29, 1.82) is 0 Å². The molecule has 4 nitrogen and oxygen atoms in total. The molecule has 2 aromatic carbocycles. The summed E-state index contributed by atoms with van der Waals surface area (Å²) in [4.78, 5) is 16.8. The van der Waals surface area contributed by atoms with E-state index in [0.29, 0.717) is 18.1 Å². The van der Waals surface area contributed by atoms with E-state index >= 15 is 0 Å². The summed E-state index contributed by atoms with van der Waals surface area (Å²) in [6.45, 7) is 3.03. The molecule has 0 spiro atoms. The molecular weight excluding hydrogens is 336 g/mol. The van der Waals surface area contributed by atoms with Gasteiger partial charge in [-0.05, 0) is 50.2 Å². The van der Waals surface area contributed by atoms with Crippen LogP contribution in [-0.2, 0) is 17.8 Å². The van der Waals surface area contributed by atoms with Gasteiger partial charge in [0, 0.05) is 28.9 Å². The largest absolute Gasteiger partial charge is 0.496 e. The number of nitrogens with zero attached hydrogens (tertiary/aromatic N) is 2. The fraction of sp³-hybridized carbons (Fsp3) is 0.350. The topological polar surface area (TPSA) is 32.8 Å². The highest BCUT2D eigenvalue weighted by atomic mass is 35.5. The van der Waals surface area contributed by atoms with E-state index in [0.717, 1.165) is 23.4 Å². The van der Waals surface area contributed by atoms with E-state index in [2.05, 4.69) is 13.0 Å². The second-order valence-corrected chi connectivity index (χ2v) is 7.01. The monoisotopic (exact) mass is 358 g/mol. The van der Waals surface area contributed by atoms with Gasteiger partial charge < -0.3 is 9.64 Å². The van der Waals surface area contributed by atoms with Gasteiger partial charge in [0.1, 0.15) is 5.75 Å². The Morgan fingerprint density at radius 3 is 2.84 bits per heavy atom. The molecule has 0 N–H and O–H groups in total. The maximum atomic E-state index is 12.9. The standard InChI is InChI=1S/C20H23ClN2O2/c1-14-10-15-6-4-5-7-18(15)23(14)20(24)13-22(2)12-16-11-17(21)8-9-19(16)25-3/h4-9,11,14H,10,12-13H2,1-3H3/t14-/m1/s1. The van der Waals surface area contributed by atoms with Crippen LogP contribution >= 0.6 is 11.6 Å². The summed E-state index contributed by atoms with van der Waals surface area (Å²) in [5, 5.41) is 0.664. The van der Waals surface area contributed by atoms with Gasteiger partial charge in [0.25, 0.3) is 0 Å². The van der Waals surface area contributed by atoms with Crippen LogP contribution in [0.15, 0.2) is 42.5 Å². The van der Waals surface area contributed by atoms with E-state index < -0.39 is 0 Å². The van der Waals surface area contributed by atoms with Crippen LogP contribution < -0.4 is 9.64 Å². The molecule has 132 valence electrons. The van der Waals surface area contributed by atoms with Crippen molar-refractivity contribution in [1.82, 2.24) is 4.90 Å². The Labute approximate surface area is 154 Å². The first kappa shape index (κ1) is 17.8. The molecule has 0 fully saturated rings. The highest BCUT2D eigenvalue weighted by molar-refractivity contribution is 6.30. The summed E-state index contributed by atoms with van der Waals surface area (Å²) >= 11 is 6.09. The molecule has 0 aromatic heterocycles. The number of hydrogen-bond acceptors (Lipinski definition) is 3. The third-order valence-corrected chi connectivity index (χ3v) is 4.80. The smallest absolute Gasteiger partial charge is 0.241 e. The lowest BCUT2D eigenvalue weighted by Gasteiger charge is -2.26. The van der Waals surface area contributed by atoms with Gasteiger partial charge >= 0.3 is 0 Å². The van der Waals surface area contributed by atoms with Crippen LogP contribution in [0.25, 0.3) is 0 Å². The summed E-state index contributed by atoms with van der Waals surface area (Å²) in [6.07, 6.45) is 0.910. The zero-order valence-corrected chi connectivity index (χ0v) is 15.6. The summed E-state index contributed by atoms with van der Waals surface area (Å²) in [6, 6.07) is 13.9. The zero-order valence-electron chi connectivity index (χ0n) is 14.8. The SMILES string of the molecule is COc1ccc(Cl)cc1CN(C)CC(=O)N1c2ccccc2C[C@H]1C. The molecule has 25 heavy (non-hydrogen) atoms. The summed E-state index contributed by atoms with van der Waals surface area (Å²) in [7, 11) is 3.58. The molecule has 0 radical (unpaired) electrons. The van der Waals surface area contributed by atoms with E-state index in [4.69, 9.17) is 16.3 Å². The molecule has 0 bridgehead atoms. The Balaban J connectivity index is 1.70. The van der Waals surface area contributed by atoms with Crippen molar-refractivity contribution in [2.45, 2.75) is 25.9 Å². The van der Waals surface area contributed by atoms with Gasteiger partial charge in [-0.1, -0.05) is 29.8 Å². The molecule has 5 heteroatoms. The van der Waals surface area contributed by atoms with Gasteiger partial charge in [0.15, 0.2) is 0 Å². The van der Waals surface area contributed by atoms with E-state index in [1.165, 1.54) is 5.56 Å². The van der Waals surface area contributed by atoms with E-state index in [-0.39, 0.29) is 11.9 Å². The first-order valence-electron chi connectivity index (χ1n) is 8.40. The third kappa shape index (κ3) is 3.80.